The molecule has 2 amide bonds. The molecular formula is C25H25ClN2O3. The lowest BCUT2D eigenvalue weighted by molar-refractivity contribution is -0.142. The van der Waals surface area contributed by atoms with Gasteiger partial charge in [0.15, 0.2) is 6.61 Å². The van der Waals surface area contributed by atoms with Crippen LogP contribution in [0.5, 0.6) is 5.75 Å². The number of hydrogen-bond acceptors (Lipinski definition) is 3. The van der Waals surface area contributed by atoms with Gasteiger partial charge in [-0.2, -0.15) is 0 Å². The predicted molar refractivity (Wildman–Crippen MR) is 122 cm³/mol. The fourth-order valence-electron chi connectivity index (χ4n) is 3.05. The molecule has 5 nitrogen and oxygen atoms in total. The average molecular weight is 437 g/mol. The number of carbonyl (C=O) groups is 2. The quantitative estimate of drug-likeness (QED) is 0.539. The summed E-state index contributed by atoms with van der Waals surface area (Å²) in [6, 6.07) is 25.3. The highest BCUT2D eigenvalue weighted by Crippen LogP contribution is 2.15. The average Bonchev–Trinajstić information content (AvgIpc) is 2.81. The van der Waals surface area contributed by atoms with Crippen molar-refractivity contribution in [3.63, 3.8) is 0 Å². The smallest absolute Gasteiger partial charge is 0.261 e. The Kier molecular flexibility index (Phi) is 8.07. The van der Waals surface area contributed by atoms with Crippen LogP contribution >= 0.6 is 11.6 Å². The summed E-state index contributed by atoms with van der Waals surface area (Å²) in [6.07, 6.45) is 0. The SMILES string of the molecule is C[C@@H](C(=O)NCc1ccccc1)N(Cc1ccc(Cl)cc1)C(=O)COc1ccccc1. The standard InChI is InChI=1S/C25H25ClN2O3/c1-19(25(30)27-16-20-8-4-2-5-9-20)28(17-21-12-14-22(26)15-13-21)24(29)18-31-23-10-6-3-7-11-23/h2-15,19H,16-18H2,1H3,(H,27,30)/t19-/m0/s1. The second-order valence-electron chi connectivity index (χ2n) is 7.13. The summed E-state index contributed by atoms with van der Waals surface area (Å²) in [5, 5.41) is 3.52. The predicted octanol–water partition coefficient (Wildman–Crippen LogP) is 4.45. The highest BCUT2D eigenvalue weighted by atomic mass is 35.5. The lowest BCUT2D eigenvalue weighted by atomic mass is 10.1. The number of nitrogens with one attached hydrogen (secondary N) is 1. The van der Waals surface area contributed by atoms with E-state index >= 15 is 0 Å². The van der Waals surface area contributed by atoms with E-state index in [1.165, 1.54) is 4.90 Å². The zero-order valence-electron chi connectivity index (χ0n) is 17.3. The maximum atomic E-state index is 13.0. The van der Waals surface area contributed by atoms with Crippen molar-refractivity contribution in [2.75, 3.05) is 6.61 Å². The Balaban J connectivity index is 1.69. The van der Waals surface area contributed by atoms with Gasteiger partial charge in [0.05, 0.1) is 0 Å². The first-order chi connectivity index (χ1) is 15.0. The molecule has 160 valence electrons. The van der Waals surface area contributed by atoms with E-state index in [2.05, 4.69) is 5.32 Å². The third-order valence-electron chi connectivity index (χ3n) is 4.85. The van der Waals surface area contributed by atoms with Crippen molar-refractivity contribution in [2.24, 2.45) is 0 Å². The minimum absolute atomic E-state index is 0.159. The number of carbonyl (C=O) groups excluding carboxylic acids is 2. The Morgan fingerprint density at radius 2 is 1.52 bits per heavy atom. The van der Waals surface area contributed by atoms with E-state index in [1.807, 2.05) is 60.7 Å². The molecule has 1 N–H and O–H groups in total. The van der Waals surface area contributed by atoms with Crippen LogP contribution in [-0.4, -0.2) is 29.4 Å². The van der Waals surface area contributed by atoms with Crippen LogP contribution in [0.3, 0.4) is 0 Å². The molecule has 1 atom stereocenters. The maximum Gasteiger partial charge on any atom is 0.261 e. The van der Waals surface area contributed by atoms with Crippen molar-refractivity contribution in [3.05, 3.63) is 101 Å². The minimum Gasteiger partial charge on any atom is -0.484 e. The van der Waals surface area contributed by atoms with Gasteiger partial charge in [-0.3, -0.25) is 9.59 Å². The van der Waals surface area contributed by atoms with Crippen LogP contribution in [0, 0.1) is 0 Å². The molecule has 0 saturated heterocycles. The molecule has 0 spiro atoms. The third-order valence-corrected chi connectivity index (χ3v) is 5.10. The summed E-state index contributed by atoms with van der Waals surface area (Å²) in [7, 11) is 0. The van der Waals surface area contributed by atoms with Gasteiger partial charge >= 0.3 is 0 Å². The van der Waals surface area contributed by atoms with E-state index in [1.54, 1.807) is 31.2 Å². The molecule has 0 aliphatic heterocycles. The Morgan fingerprint density at radius 1 is 0.903 bits per heavy atom. The zero-order chi connectivity index (χ0) is 22.1. The Hall–Kier alpha value is -3.31. The second-order valence-corrected chi connectivity index (χ2v) is 7.57. The van der Waals surface area contributed by atoms with Crippen LogP contribution in [0.1, 0.15) is 18.1 Å². The molecule has 0 heterocycles. The second kappa shape index (κ2) is 11.2. The molecule has 0 unspecified atom stereocenters. The van der Waals surface area contributed by atoms with Crippen LogP contribution in [0.25, 0.3) is 0 Å². The molecule has 3 rings (SSSR count). The Labute approximate surface area is 187 Å². The first-order valence-electron chi connectivity index (χ1n) is 10.1. The molecule has 0 aromatic heterocycles. The van der Waals surface area contributed by atoms with Gasteiger partial charge in [-0.15, -0.1) is 0 Å². The molecule has 3 aromatic carbocycles. The number of para-hydroxylation sites is 1. The van der Waals surface area contributed by atoms with Crippen LogP contribution in [0.2, 0.25) is 5.02 Å². The number of amides is 2. The topological polar surface area (TPSA) is 58.6 Å². The zero-order valence-corrected chi connectivity index (χ0v) is 18.1. The Bertz CT molecular complexity index is 979. The van der Waals surface area contributed by atoms with Crippen LogP contribution < -0.4 is 10.1 Å². The van der Waals surface area contributed by atoms with Crippen LogP contribution in [0.15, 0.2) is 84.9 Å². The first-order valence-corrected chi connectivity index (χ1v) is 10.4. The van der Waals surface area contributed by atoms with Gasteiger partial charge in [0.1, 0.15) is 11.8 Å². The molecule has 0 radical (unpaired) electrons. The van der Waals surface area contributed by atoms with Gasteiger partial charge in [0, 0.05) is 18.1 Å². The molecule has 0 bridgehead atoms. The van der Waals surface area contributed by atoms with Gasteiger partial charge in [0.2, 0.25) is 5.91 Å². The number of nitrogens with zero attached hydrogens (tertiary/aromatic N) is 1. The summed E-state index contributed by atoms with van der Waals surface area (Å²) in [4.78, 5) is 27.3. The van der Waals surface area contributed by atoms with Crippen molar-refractivity contribution in [1.82, 2.24) is 10.2 Å². The van der Waals surface area contributed by atoms with Crippen molar-refractivity contribution >= 4 is 23.4 Å². The minimum atomic E-state index is -0.675. The Morgan fingerprint density at radius 3 is 2.16 bits per heavy atom. The van der Waals surface area contributed by atoms with E-state index in [9.17, 15) is 9.59 Å². The molecule has 0 fully saturated rings. The number of halogens is 1. The molecular weight excluding hydrogens is 412 g/mol. The van der Waals surface area contributed by atoms with Crippen molar-refractivity contribution in [2.45, 2.75) is 26.1 Å². The van der Waals surface area contributed by atoms with Gasteiger partial charge < -0.3 is 15.0 Å². The normalized spacial score (nSPS) is 11.4. The summed E-state index contributed by atoms with van der Waals surface area (Å²) in [5.74, 6) is 0.0931. The number of hydrogen-bond donors (Lipinski definition) is 1. The van der Waals surface area contributed by atoms with Crippen LogP contribution in [0.4, 0.5) is 0 Å². The largest absolute Gasteiger partial charge is 0.484 e. The van der Waals surface area contributed by atoms with Gasteiger partial charge in [-0.05, 0) is 42.3 Å². The van der Waals surface area contributed by atoms with E-state index in [0.29, 0.717) is 17.3 Å². The highest BCUT2D eigenvalue weighted by molar-refractivity contribution is 6.30. The van der Waals surface area contributed by atoms with Crippen molar-refractivity contribution < 1.29 is 14.3 Å². The maximum absolute atomic E-state index is 13.0. The van der Waals surface area contributed by atoms with Gasteiger partial charge in [0.25, 0.3) is 5.91 Å². The summed E-state index contributed by atoms with van der Waals surface area (Å²) in [5.41, 5.74) is 1.87. The van der Waals surface area contributed by atoms with Crippen LogP contribution in [-0.2, 0) is 22.7 Å². The fourth-order valence-corrected chi connectivity index (χ4v) is 3.17. The summed E-state index contributed by atoms with van der Waals surface area (Å²) in [6.45, 7) is 2.23. The highest BCUT2D eigenvalue weighted by Gasteiger charge is 2.26. The van der Waals surface area contributed by atoms with Crippen molar-refractivity contribution in [3.8, 4) is 5.75 Å². The molecule has 0 aliphatic rings. The molecule has 3 aromatic rings. The fraction of sp³-hybridized carbons (Fsp3) is 0.200. The van der Waals surface area contributed by atoms with E-state index in [-0.39, 0.29) is 25.0 Å². The monoisotopic (exact) mass is 436 g/mol. The molecule has 0 saturated carbocycles. The lowest BCUT2D eigenvalue weighted by Crippen LogP contribution is -2.48. The van der Waals surface area contributed by atoms with E-state index in [0.717, 1.165) is 11.1 Å². The van der Waals surface area contributed by atoms with Gasteiger partial charge in [-0.25, -0.2) is 0 Å². The van der Waals surface area contributed by atoms with E-state index < -0.39 is 6.04 Å². The summed E-state index contributed by atoms with van der Waals surface area (Å²) >= 11 is 5.98. The number of ether oxygens (including phenoxy) is 1. The molecule has 6 heteroatoms. The van der Waals surface area contributed by atoms with Gasteiger partial charge in [-0.1, -0.05) is 72.3 Å². The van der Waals surface area contributed by atoms with E-state index in [4.69, 9.17) is 16.3 Å². The number of rotatable bonds is 9. The molecule has 0 aliphatic carbocycles. The van der Waals surface area contributed by atoms with Crippen molar-refractivity contribution in [1.29, 1.82) is 0 Å². The molecule has 31 heavy (non-hydrogen) atoms. The summed E-state index contributed by atoms with van der Waals surface area (Å²) < 4.78 is 5.62. The third kappa shape index (κ3) is 6.86. The first kappa shape index (κ1) is 22.4. The lowest BCUT2D eigenvalue weighted by Gasteiger charge is -2.28. The number of benzene rings is 3.